The summed E-state index contributed by atoms with van der Waals surface area (Å²) < 4.78 is 4.29. The first-order chi connectivity index (χ1) is 5.22. The molecule has 0 aromatic carbocycles. The van der Waals surface area contributed by atoms with Gasteiger partial charge in [0, 0.05) is 11.4 Å². The highest BCUT2D eigenvalue weighted by Crippen LogP contribution is 2.12. The van der Waals surface area contributed by atoms with Crippen molar-refractivity contribution in [2.45, 2.75) is 26.8 Å². The van der Waals surface area contributed by atoms with Gasteiger partial charge in [-0.25, -0.2) is 0 Å². The summed E-state index contributed by atoms with van der Waals surface area (Å²) in [5.74, 6) is 0.683. The van der Waals surface area contributed by atoms with Crippen molar-refractivity contribution < 1.29 is 0 Å². The summed E-state index contributed by atoms with van der Waals surface area (Å²) >= 11 is 1.52. The molecule has 1 aromatic heterocycles. The Morgan fingerprint density at radius 3 is 2.82 bits per heavy atom. The molecule has 0 radical (unpaired) electrons. The van der Waals surface area contributed by atoms with Crippen LogP contribution in [0.2, 0.25) is 0 Å². The molecule has 0 amide bonds. The van der Waals surface area contributed by atoms with Gasteiger partial charge in [-0.15, -0.1) is 0 Å². The standard InChI is InChI=1S/C8H14N2S/c1-6(2)3-7-4-8(5-9)11-10-7/h4,6H,3,5,9H2,1-2H3. The lowest BCUT2D eigenvalue weighted by molar-refractivity contribution is 0.639. The molecule has 62 valence electrons. The third-order valence-electron chi connectivity index (χ3n) is 1.43. The van der Waals surface area contributed by atoms with Gasteiger partial charge in [0.15, 0.2) is 0 Å². The molecule has 1 heterocycles. The second kappa shape index (κ2) is 3.83. The van der Waals surface area contributed by atoms with Crippen molar-refractivity contribution in [3.8, 4) is 0 Å². The lowest BCUT2D eigenvalue weighted by Crippen LogP contribution is -1.94. The van der Waals surface area contributed by atoms with Crippen LogP contribution in [0.3, 0.4) is 0 Å². The number of aromatic nitrogens is 1. The highest BCUT2D eigenvalue weighted by Gasteiger charge is 2.02. The molecular weight excluding hydrogens is 156 g/mol. The predicted octanol–water partition coefficient (Wildman–Crippen LogP) is 1.80. The molecule has 0 unspecified atom stereocenters. The lowest BCUT2D eigenvalue weighted by Gasteiger charge is -1.97. The van der Waals surface area contributed by atoms with Crippen LogP contribution in [0, 0.1) is 5.92 Å². The van der Waals surface area contributed by atoms with Crippen LogP contribution in [0.4, 0.5) is 0 Å². The van der Waals surface area contributed by atoms with Crippen molar-refractivity contribution in [3.05, 3.63) is 16.6 Å². The van der Waals surface area contributed by atoms with Gasteiger partial charge in [-0.05, 0) is 29.9 Å². The number of hydrogen-bond acceptors (Lipinski definition) is 3. The van der Waals surface area contributed by atoms with Crippen molar-refractivity contribution >= 4 is 11.5 Å². The zero-order valence-electron chi connectivity index (χ0n) is 7.00. The zero-order chi connectivity index (χ0) is 8.27. The van der Waals surface area contributed by atoms with Gasteiger partial charge < -0.3 is 5.73 Å². The van der Waals surface area contributed by atoms with E-state index in [1.54, 1.807) is 0 Å². The van der Waals surface area contributed by atoms with Crippen molar-refractivity contribution in [2.24, 2.45) is 11.7 Å². The summed E-state index contributed by atoms with van der Waals surface area (Å²) in [5, 5.41) is 0. The predicted molar refractivity (Wildman–Crippen MR) is 48.5 cm³/mol. The van der Waals surface area contributed by atoms with Crippen molar-refractivity contribution in [1.29, 1.82) is 0 Å². The zero-order valence-corrected chi connectivity index (χ0v) is 7.82. The molecule has 2 N–H and O–H groups in total. The molecule has 0 spiro atoms. The molecule has 0 fully saturated rings. The summed E-state index contributed by atoms with van der Waals surface area (Å²) in [6.45, 7) is 5.01. The molecule has 0 atom stereocenters. The van der Waals surface area contributed by atoms with Gasteiger partial charge in [0.05, 0.1) is 5.69 Å². The summed E-state index contributed by atoms with van der Waals surface area (Å²) in [7, 11) is 0. The minimum Gasteiger partial charge on any atom is -0.326 e. The highest BCUT2D eigenvalue weighted by molar-refractivity contribution is 7.05. The van der Waals surface area contributed by atoms with Crippen LogP contribution in [-0.2, 0) is 13.0 Å². The van der Waals surface area contributed by atoms with Crippen LogP contribution >= 0.6 is 11.5 Å². The molecule has 3 heteroatoms. The maximum atomic E-state index is 5.46. The minimum atomic E-state index is 0.621. The molecule has 1 rings (SSSR count). The van der Waals surface area contributed by atoms with E-state index in [-0.39, 0.29) is 0 Å². The average Bonchev–Trinajstić information content (AvgIpc) is 2.34. The monoisotopic (exact) mass is 170 g/mol. The van der Waals surface area contributed by atoms with Gasteiger partial charge >= 0.3 is 0 Å². The average molecular weight is 170 g/mol. The molecule has 11 heavy (non-hydrogen) atoms. The minimum absolute atomic E-state index is 0.621. The Kier molecular flexibility index (Phi) is 3.02. The van der Waals surface area contributed by atoms with Crippen LogP contribution in [-0.4, -0.2) is 4.37 Å². The van der Waals surface area contributed by atoms with Gasteiger partial charge in [-0.1, -0.05) is 13.8 Å². The van der Waals surface area contributed by atoms with Crippen molar-refractivity contribution in [1.82, 2.24) is 4.37 Å². The first-order valence-electron chi connectivity index (χ1n) is 3.87. The Morgan fingerprint density at radius 1 is 1.64 bits per heavy atom. The normalized spacial score (nSPS) is 10.9. The quantitative estimate of drug-likeness (QED) is 0.751. The summed E-state index contributed by atoms with van der Waals surface area (Å²) in [6.07, 6.45) is 1.07. The fraction of sp³-hybridized carbons (Fsp3) is 0.625. The van der Waals surface area contributed by atoms with Crippen LogP contribution < -0.4 is 5.73 Å². The maximum Gasteiger partial charge on any atom is 0.0548 e. The molecule has 0 saturated carbocycles. The summed E-state index contributed by atoms with van der Waals surface area (Å²) in [5.41, 5.74) is 6.65. The largest absolute Gasteiger partial charge is 0.326 e. The maximum absolute atomic E-state index is 5.46. The summed E-state index contributed by atoms with van der Waals surface area (Å²) in [6, 6.07) is 2.10. The Hall–Kier alpha value is -0.410. The van der Waals surface area contributed by atoms with E-state index in [0.717, 1.165) is 6.42 Å². The van der Waals surface area contributed by atoms with E-state index in [9.17, 15) is 0 Å². The fourth-order valence-electron chi connectivity index (χ4n) is 0.966. The Labute approximate surface area is 71.6 Å². The van der Waals surface area contributed by atoms with Crippen molar-refractivity contribution in [2.75, 3.05) is 0 Å². The number of hydrogen-bond donors (Lipinski definition) is 1. The van der Waals surface area contributed by atoms with E-state index in [1.807, 2.05) is 0 Å². The Bertz CT molecular complexity index is 218. The molecule has 2 nitrogen and oxygen atoms in total. The van der Waals surface area contributed by atoms with Crippen LogP contribution in [0.25, 0.3) is 0 Å². The van der Waals surface area contributed by atoms with Gasteiger partial charge in [0.25, 0.3) is 0 Å². The van der Waals surface area contributed by atoms with Crippen LogP contribution in [0.1, 0.15) is 24.4 Å². The molecular formula is C8H14N2S. The molecule has 0 aliphatic carbocycles. The molecule has 1 aromatic rings. The Balaban J connectivity index is 2.58. The fourth-order valence-corrected chi connectivity index (χ4v) is 1.59. The second-order valence-corrected chi connectivity index (χ2v) is 3.98. The number of nitrogens with two attached hydrogens (primary N) is 1. The highest BCUT2D eigenvalue weighted by atomic mass is 32.1. The third-order valence-corrected chi connectivity index (χ3v) is 2.27. The van der Waals surface area contributed by atoms with E-state index < -0.39 is 0 Å². The lowest BCUT2D eigenvalue weighted by atomic mass is 10.1. The topological polar surface area (TPSA) is 38.9 Å². The molecule has 0 aliphatic heterocycles. The summed E-state index contributed by atoms with van der Waals surface area (Å²) in [4.78, 5) is 1.18. The van der Waals surface area contributed by atoms with Crippen LogP contribution in [0.5, 0.6) is 0 Å². The smallest absolute Gasteiger partial charge is 0.0548 e. The Morgan fingerprint density at radius 2 is 2.36 bits per heavy atom. The van der Waals surface area contributed by atoms with E-state index >= 15 is 0 Å². The third kappa shape index (κ3) is 2.60. The first-order valence-corrected chi connectivity index (χ1v) is 4.64. The van der Waals surface area contributed by atoms with Gasteiger partial charge in [0.1, 0.15) is 0 Å². The van der Waals surface area contributed by atoms with Gasteiger partial charge in [0.2, 0.25) is 0 Å². The molecule has 0 bridgehead atoms. The van der Waals surface area contributed by atoms with E-state index in [1.165, 1.54) is 22.1 Å². The van der Waals surface area contributed by atoms with Crippen molar-refractivity contribution in [3.63, 3.8) is 0 Å². The van der Waals surface area contributed by atoms with E-state index in [2.05, 4.69) is 24.3 Å². The molecule has 0 saturated heterocycles. The van der Waals surface area contributed by atoms with Gasteiger partial charge in [-0.3, -0.25) is 0 Å². The van der Waals surface area contributed by atoms with E-state index in [4.69, 9.17) is 5.73 Å². The van der Waals surface area contributed by atoms with Crippen LogP contribution in [0.15, 0.2) is 6.07 Å². The SMILES string of the molecule is CC(C)Cc1cc(CN)sn1. The second-order valence-electron chi connectivity index (χ2n) is 3.09. The van der Waals surface area contributed by atoms with E-state index in [0.29, 0.717) is 12.5 Å². The number of rotatable bonds is 3. The van der Waals surface area contributed by atoms with Gasteiger partial charge in [-0.2, -0.15) is 4.37 Å². The first kappa shape index (κ1) is 8.68. The number of nitrogens with zero attached hydrogens (tertiary/aromatic N) is 1. The molecule has 0 aliphatic rings.